The third kappa shape index (κ3) is 4.00. The molecule has 0 aliphatic carbocycles. The van der Waals surface area contributed by atoms with Gasteiger partial charge in [-0.3, -0.25) is 20.6 Å². The Bertz CT molecular complexity index is 597. The Morgan fingerprint density at radius 2 is 1.65 bits per heavy atom. The Hall–Kier alpha value is -1.49. The van der Waals surface area contributed by atoms with E-state index in [9.17, 15) is 4.79 Å². The fraction of sp³-hybridized carbons (Fsp3) is 0.0769. The van der Waals surface area contributed by atoms with Gasteiger partial charge in [0.15, 0.2) is 0 Å². The topological polar surface area (TPSA) is 54.0 Å². The average Bonchev–Trinajstić information content (AvgIpc) is 2.41. The van der Waals surface area contributed by atoms with Crippen molar-refractivity contribution < 1.29 is 4.79 Å². The van der Waals surface area contributed by atoms with Crippen molar-refractivity contribution >= 4 is 46.4 Å². The minimum atomic E-state index is -0.226. The predicted octanol–water partition coefficient (Wildman–Crippen LogP) is 3.73. The minimum Gasteiger partial charge on any atom is -0.295 e. The number of carbonyl (C=O) groups is 1. The molecule has 4 nitrogen and oxygen atoms in total. The number of hydrazine groups is 1. The second-order valence-electron chi connectivity index (χ2n) is 3.95. The fourth-order valence-corrected chi connectivity index (χ4v) is 2.08. The van der Waals surface area contributed by atoms with Gasteiger partial charge in [0, 0.05) is 17.4 Å². The van der Waals surface area contributed by atoms with Gasteiger partial charge in [-0.2, -0.15) is 0 Å². The van der Waals surface area contributed by atoms with E-state index < -0.39 is 0 Å². The number of pyridine rings is 1. The normalized spacial score (nSPS) is 10.2. The van der Waals surface area contributed by atoms with Gasteiger partial charge in [0.25, 0.3) is 0 Å². The number of hydrogen-bond acceptors (Lipinski definition) is 3. The fourth-order valence-electron chi connectivity index (χ4n) is 1.49. The van der Waals surface area contributed by atoms with Crippen LogP contribution < -0.4 is 10.9 Å². The van der Waals surface area contributed by atoms with Gasteiger partial charge in [0.2, 0.25) is 5.91 Å². The van der Waals surface area contributed by atoms with Gasteiger partial charge in [-0.1, -0.05) is 46.9 Å². The lowest BCUT2D eigenvalue weighted by Gasteiger charge is -2.11. The molecule has 0 bridgehead atoms. The first-order valence-electron chi connectivity index (χ1n) is 5.64. The van der Waals surface area contributed by atoms with Crippen LogP contribution in [0.1, 0.15) is 5.56 Å². The number of aromatic nitrogens is 1. The maximum absolute atomic E-state index is 11.8. The van der Waals surface area contributed by atoms with E-state index >= 15 is 0 Å². The molecule has 104 valence electrons. The van der Waals surface area contributed by atoms with E-state index in [0.29, 0.717) is 20.8 Å². The quantitative estimate of drug-likeness (QED) is 0.840. The second kappa shape index (κ2) is 6.79. The molecule has 2 rings (SSSR count). The molecule has 0 saturated carbocycles. The zero-order valence-corrected chi connectivity index (χ0v) is 12.4. The second-order valence-corrected chi connectivity index (χ2v) is 5.21. The lowest BCUT2D eigenvalue weighted by Crippen LogP contribution is -2.31. The van der Waals surface area contributed by atoms with E-state index in [4.69, 9.17) is 34.8 Å². The van der Waals surface area contributed by atoms with Crippen molar-refractivity contribution in [2.24, 2.45) is 0 Å². The van der Waals surface area contributed by atoms with Gasteiger partial charge < -0.3 is 0 Å². The summed E-state index contributed by atoms with van der Waals surface area (Å²) in [6.07, 6.45) is 3.08. The van der Waals surface area contributed by atoms with Crippen LogP contribution in [-0.2, 0) is 11.2 Å². The van der Waals surface area contributed by atoms with E-state index in [2.05, 4.69) is 15.8 Å². The Labute approximate surface area is 131 Å². The maximum atomic E-state index is 11.8. The minimum absolute atomic E-state index is 0.213. The van der Waals surface area contributed by atoms with E-state index in [1.165, 1.54) is 12.4 Å². The van der Waals surface area contributed by atoms with Crippen molar-refractivity contribution in [2.45, 2.75) is 6.42 Å². The van der Waals surface area contributed by atoms with Crippen LogP contribution in [0.15, 0.2) is 36.7 Å². The zero-order chi connectivity index (χ0) is 14.5. The Morgan fingerprint density at radius 1 is 1.05 bits per heavy atom. The molecular weight excluding hydrogens is 321 g/mol. The van der Waals surface area contributed by atoms with Crippen LogP contribution in [0.5, 0.6) is 0 Å². The number of halogens is 3. The number of hydrogen-bond donors (Lipinski definition) is 2. The van der Waals surface area contributed by atoms with Gasteiger partial charge in [0.05, 0.1) is 22.2 Å². The molecule has 0 fully saturated rings. The maximum Gasteiger partial charge on any atom is 0.242 e. The standard InChI is InChI=1S/C13H10Cl3N3O/c14-9-3-1-8(2-4-9)5-12(20)18-19-13-10(15)6-17-7-11(13)16/h1-4,6-7H,5H2,(H,17,19)(H,18,20). The highest BCUT2D eigenvalue weighted by Crippen LogP contribution is 2.27. The number of benzene rings is 1. The van der Waals surface area contributed by atoms with Crippen LogP contribution in [0.2, 0.25) is 15.1 Å². The molecule has 0 radical (unpaired) electrons. The average molecular weight is 331 g/mol. The van der Waals surface area contributed by atoms with Crippen LogP contribution in [-0.4, -0.2) is 10.9 Å². The summed E-state index contributed by atoms with van der Waals surface area (Å²) < 4.78 is 0. The molecule has 0 aliphatic heterocycles. The number of anilines is 1. The Kier molecular flexibility index (Phi) is 5.06. The summed E-state index contributed by atoms with van der Waals surface area (Å²) in [5.74, 6) is -0.226. The number of rotatable bonds is 4. The highest BCUT2D eigenvalue weighted by atomic mass is 35.5. The van der Waals surface area contributed by atoms with Crippen LogP contribution in [0.25, 0.3) is 0 Å². The predicted molar refractivity (Wildman–Crippen MR) is 81.2 cm³/mol. The van der Waals surface area contributed by atoms with Crippen LogP contribution in [0.4, 0.5) is 5.69 Å². The molecule has 1 aromatic heterocycles. The first kappa shape index (κ1) is 14.9. The summed E-state index contributed by atoms with van der Waals surface area (Å²) in [6.45, 7) is 0. The lowest BCUT2D eigenvalue weighted by molar-refractivity contribution is -0.119. The molecule has 2 N–H and O–H groups in total. The van der Waals surface area contributed by atoms with Crippen LogP contribution in [0.3, 0.4) is 0 Å². The summed E-state index contributed by atoms with van der Waals surface area (Å²) in [7, 11) is 0. The van der Waals surface area contributed by atoms with Crippen molar-refractivity contribution in [1.82, 2.24) is 10.4 Å². The Balaban J connectivity index is 1.94. The first-order valence-corrected chi connectivity index (χ1v) is 6.78. The third-order valence-electron chi connectivity index (χ3n) is 2.46. The van der Waals surface area contributed by atoms with Crippen LogP contribution >= 0.6 is 34.8 Å². The smallest absolute Gasteiger partial charge is 0.242 e. The highest BCUT2D eigenvalue weighted by Gasteiger charge is 2.08. The largest absolute Gasteiger partial charge is 0.295 e. The first-order chi connectivity index (χ1) is 9.56. The molecular formula is C13H10Cl3N3O. The summed E-state index contributed by atoms with van der Waals surface area (Å²) in [6, 6.07) is 7.03. The monoisotopic (exact) mass is 329 g/mol. The van der Waals surface area contributed by atoms with E-state index in [1.807, 2.05) is 0 Å². The van der Waals surface area contributed by atoms with E-state index in [0.717, 1.165) is 5.56 Å². The molecule has 0 spiro atoms. The van der Waals surface area contributed by atoms with Gasteiger partial charge in [-0.25, -0.2) is 0 Å². The summed E-state index contributed by atoms with van der Waals surface area (Å²) in [5.41, 5.74) is 6.47. The summed E-state index contributed by atoms with van der Waals surface area (Å²) >= 11 is 17.6. The molecule has 7 heteroatoms. The number of nitrogens with zero attached hydrogens (tertiary/aromatic N) is 1. The summed E-state index contributed by atoms with van der Waals surface area (Å²) in [5, 5.41) is 1.27. The van der Waals surface area contributed by atoms with Gasteiger partial charge >= 0.3 is 0 Å². The lowest BCUT2D eigenvalue weighted by atomic mass is 10.1. The number of amides is 1. The number of carbonyl (C=O) groups excluding carboxylic acids is 1. The molecule has 0 saturated heterocycles. The molecule has 0 unspecified atom stereocenters. The van der Waals surface area contributed by atoms with E-state index in [-0.39, 0.29) is 12.3 Å². The Morgan fingerprint density at radius 3 is 2.25 bits per heavy atom. The molecule has 0 aliphatic rings. The van der Waals surface area contributed by atoms with Crippen molar-refractivity contribution in [3.05, 3.63) is 57.3 Å². The summed E-state index contributed by atoms with van der Waals surface area (Å²) in [4.78, 5) is 15.6. The van der Waals surface area contributed by atoms with Crippen molar-refractivity contribution in [2.75, 3.05) is 5.43 Å². The van der Waals surface area contributed by atoms with Gasteiger partial charge in [-0.15, -0.1) is 0 Å². The molecule has 20 heavy (non-hydrogen) atoms. The molecule has 2 aromatic rings. The van der Waals surface area contributed by atoms with Crippen LogP contribution in [0, 0.1) is 0 Å². The SMILES string of the molecule is O=C(Cc1ccc(Cl)cc1)NNc1c(Cl)cncc1Cl. The molecule has 1 aromatic carbocycles. The van der Waals surface area contributed by atoms with Crippen molar-refractivity contribution in [1.29, 1.82) is 0 Å². The zero-order valence-electron chi connectivity index (χ0n) is 10.2. The molecule has 1 heterocycles. The van der Waals surface area contributed by atoms with Gasteiger partial charge in [-0.05, 0) is 17.7 Å². The number of nitrogens with one attached hydrogen (secondary N) is 2. The molecule has 1 amide bonds. The molecule has 0 atom stereocenters. The highest BCUT2D eigenvalue weighted by molar-refractivity contribution is 6.38. The van der Waals surface area contributed by atoms with Gasteiger partial charge in [0.1, 0.15) is 0 Å². The van der Waals surface area contributed by atoms with Crippen molar-refractivity contribution in [3.63, 3.8) is 0 Å². The van der Waals surface area contributed by atoms with E-state index in [1.54, 1.807) is 24.3 Å². The van der Waals surface area contributed by atoms with Crippen molar-refractivity contribution in [3.8, 4) is 0 Å². The third-order valence-corrected chi connectivity index (χ3v) is 3.28.